The van der Waals surface area contributed by atoms with Crippen LogP contribution in [-0.2, 0) is 0 Å². The van der Waals surface area contributed by atoms with Crippen LogP contribution >= 0.6 is 0 Å². The maximum Gasteiger partial charge on any atom is 0.255 e. The van der Waals surface area contributed by atoms with Crippen molar-refractivity contribution in [1.82, 2.24) is 25.1 Å². The van der Waals surface area contributed by atoms with Gasteiger partial charge in [-0.2, -0.15) is 5.10 Å². The van der Waals surface area contributed by atoms with Crippen molar-refractivity contribution in [3.63, 3.8) is 0 Å². The highest BCUT2D eigenvalue weighted by molar-refractivity contribution is 6.05. The molecule has 202 valence electrons. The Bertz CT molecular complexity index is 1470. The SMILES string of the molecule is COc1cc(-c2nn(C3CCNCC3)c3ncnc(N)c23)ccc1NC(=O)c1ccc(C2CCCCC2)cc1. The van der Waals surface area contributed by atoms with Gasteiger partial charge >= 0.3 is 0 Å². The molecule has 1 saturated heterocycles. The van der Waals surface area contributed by atoms with E-state index in [1.807, 2.05) is 35.0 Å². The van der Waals surface area contributed by atoms with Crippen molar-refractivity contribution in [2.24, 2.45) is 0 Å². The lowest BCUT2D eigenvalue weighted by Crippen LogP contribution is -2.30. The van der Waals surface area contributed by atoms with Crippen molar-refractivity contribution in [3.8, 4) is 17.0 Å². The van der Waals surface area contributed by atoms with Gasteiger partial charge in [-0.3, -0.25) is 4.79 Å². The van der Waals surface area contributed by atoms with E-state index in [1.54, 1.807) is 7.11 Å². The molecule has 2 fully saturated rings. The number of methoxy groups -OCH3 is 1. The molecule has 3 heterocycles. The monoisotopic (exact) mass is 525 g/mol. The third-order valence-corrected chi connectivity index (χ3v) is 8.15. The molecule has 9 heteroatoms. The van der Waals surface area contributed by atoms with Crippen LogP contribution in [0.4, 0.5) is 11.5 Å². The molecule has 0 spiro atoms. The molecule has 1 amide bonds. The quantitative estimate of drug-likeness (QED) is 0.312. The zero-order valence-corrected chi connectivity index (χ0v) is 22.3. The van der Waals surface area contributed by atoms with Crippen LogP contribution in [-0.4, -0.2) is 45.9 Å². The summed E-state index contributed by atoms with van der Waals surface area (Å²) in [6, 6.07) is 13.9. The van der Waals surface area contributed by atoms with E-state index in [0.717, 1.165) is 42.5 Å². The lowest BCUT2D eigenvalue weighted by Gasteiger charge is -2.23. The fourth-order valence-corrected chi connectivity index (χ4v) is 5.98. The Morgan fingerprint density at radius 3 is 2.54 bits per heavy atom. The number of benzene rings is 2. The van der Waals surface area contributed by atoms with Gasteiger partial charge in [0.25, 0.3) is 5.91 Å². The zero-order valence-electron chi connectivity index (χ0n) is 22.3. The number of piperidine rings is 1. The number of hydrogen-bond donors (Lipinski definition) is 3. The number of nitrogen functional groups attached to an aromatic ring is 1. The van der Waals surface area contributed by atoms with E-state index < -0.39 is 0 Å². The summed E-state index contributed by atoms with van der Waals surface area (Å²) in [5.74, 6) is 1.37. The van der Waals surface area contributed by atoms with Crippen LogP contribution in [0.1, 0.15) is 72.8 Å². The smallest absolute Gasteiger partial charge is 0.255 e. The van der Waals surface area contributed by atoms with Crippen LogP contribution in [0, 0.1) is 0 Å². The lowest BCUT2D eigenvalue weighted by atomic mass is 9.84. The highest BCUT2D eigenvalue weighted by Gasteiger charge is 2.24. The van der Waals surface area contributed by atoms with Gasteiger partial charge in [0.1, 0.15) is 23.6 Å². The number of rotatable bonds is 6. The summed E-state index contributed by atoms with van der Waals surface area (Å²) >= 11 is 0. The molecule has 6 rings (SSSR count). The minimum atomic E-state index is -0.172. The second-order valence-corrected chi connectivity index (χ2v) is 10.6. The van der Waals surface area contributed by atoms with Gasteiger partial charge in [-0.1, -0.05) is 37.5 Å². The first kappa shape index (κ1) is 25.3. The van der Waals surface area contributed by atoms with Crippen LogP contribution in [0.3, 0.4) is 0 Å². The first-order chi connectivity index (χ1) is 19.1. The van der Waals surface area contributed by atoms with E-state index in [2.05, 4.69) is 32.7 Å². The molecular formula is C30H35N7O2. The topological polar surface area (TPSA) is 120 Å². The maximum absolute atomic E-state index is 13.1. The highest BCUT2D eigenvalue weighted by atomic mass is 16.5. The third kappa shape index (κ3) is 5.06. The molecule has 2 aliphatic rings. The van der Waals surface area contributed by atoms with Gasteiger partial charge in [-0.15, -0.1) is 0 Å². The number of nitrogens with two attached hydrogens (primary N) is 1. The number of amides is 1. The van der Waals surface area contributed by atoms with Crippen LogP contribution in [0.5, 0.6) is 5.75 Å². The molecule has 0 atom stereocenters. The first-order valence-corrected chi connectivity index (χ1v) is 13.9. The summed E-state index contributed by atoms with van der Waals surface area (Å²) in [5.41, 5.74) is 11.1. The minimum absolute atomic E-state index is 0.172. The van der Waals surface area contributed by atoms with Crippen molar-refractivity contribution in [3.05, 3.63) is 59.9 Å². The number of ether oxygens (including phenoxy) is 1. The van der Waals surface area contributed by atoms with Crippen molar-refractivity contribution >= 4 is 28.4 Å². The number of nitrogens with one attached hydrogen (secondary N) is 2. The minimum Gasteiger partial charge on any atom is -0.495 e. The number of anilines is 2. The Morgan fingerprint density at radius 1 is 1.03 bits per heavy atom. The zero-order chi connectivity index (χ0) is 26.8. The fraction of sp³-hybridized carbons (Fsp3) is 0.400. The molecule has 1 aliphatic carbocycles. The molecule has 0 radical (unpaired) electrons. The number of nitrogens with zero attached hydrogens (tertiary/aromatic N) is 4. The molecule has 39 heavy (non-hydrogen) atoms. The largest absolute Gasteiger partial charge is 0.495 e. The summed E-state index contributed by atoms with van der Waals surface area (Å²) < 4.78 is 7.68. The lowest BCUT2D eigenvalue weighted by molar-refractivity contribution is 0.102. The molecule has 9 nitrogen and oxygen atoms in total. The van der Waals surface area contributed by atoms with Gasteiger partial charge in [0.15, 0.2) is 5.65 Å². The van der Waals surface area contributed by atoms with Crippen LogP contribution in [0.25, 0.3) is 22.3 Å². The van der Waals surface area contributed by atoms with E-state index in [1.165, 1.54) is 44.0 Å². The average molecular weight is 526 g/mol. The molecule has 1 saturated carbocycles. The predicted molar refractivity (Wildman–Crippen MR) is 153 cm³/mol. The molecular weight excluding hydrogens is 490 g/mol. The van der Waals surface area contributed by atoms with Crippen molar-refractivity contribution in [2.75, 3.05) is 31.2 Å². The number of carbonyl (C=O) groups excluding carboxylic acids is 1. The summed E-state index contributed by atoms with van der Waals surface area (Å²) in [7, 11) is 1.59. The molecule has 1 aliphatic heterocycles. The molecule has 4 N–H and O–H groups in total. The number of fused-ring (bicyclic) bond motifs is 1. The Labute approximate surface area is 228 Å². The molecule has 0 unspecified atom stereocenters. The van der Waals surface area contributed by atoms with Gasteiger partial charge in [-0.05, 0) is 74.5 Å². The highest BCUT2D eigenvalue weighted by Crippen LogP contribution is 2.37. The standard InChI is InChI=1S/C30H35N7O2/c1-39-25-17-22(27-26-28(31)33-18-34-29(26)37(36-27)23-13-15-32-16-14-23)11-12-24(25)35-30(38)21-9-7-20(8-10-21)19-5-3-2-4-6-19/h7-12,17-19,23,32H,2-6,13-16H2,1H3,(H,35,38)(H2,31,33,34). The van der Waals surface area contributed by atoms with Gasteiger partial charge in [0.2, 0.25) is 0 Å². The van der Waals surface area contributed by atoms with E-state index in [4.69, 9.17) is 15.6 Å². The Kier molecular flexibility index (Phi) is 7.15. The molecule has 2 aromatic heterocycles. The summed E-state index contributed by atoms with van der Waals surface area (Å²) in [4.78, 5) is 21.9. The normalized spacial score (nSPS) is 16.8. The van der Waals surface area contributed by atoms with Gasteiger partial charge in [-0.25, -0.2) is 14.6 Å². The van der Waals surface area contributed by atoms with E-state index in [9.17, 15) is 4.79 Å². The first-order valence-electron chi connectivity index (χ1n) is 13.9. The fourth-order valence-electron chi connectivity index (χ4n) is 5.98. The van der Waals surface area contributed by atoms with Crippen LogP contribution in [0.15, 0.2) is 48.8 Å². The average Bonchev–Trinajstić information content (AvgIpc) is 3.39. The third-order valence-electron chi connectivity index (χ3n) is 8.15. The molecule has 0 bridgehead atoms. The van der Waals surface area contributed by atoms with Crippen molar-refractivity contribution < 1.29 is 9.53 Å². The number of aromatic nitrogens is 4. The Hall–Kier alpha value is -3.98. The van der Waals surface area contributed by atoms with Crippen molar-refractivity contribution in [2.45, 2.75) is 56.9 Å². The number of hydrogen-bond acceptors (Lipinski definition) is 7. The number of carbonyl (C=O) groups is 1. The van der Waals surface area contributed by atoms with Crippen molar-refractivity contribution in [1.29, 1.82) is 0 Å². The van der Waals surface area contributed by atoms with Gasteiger partial charge < -0.3 is 21.1 Å². The summed E-state index contributed by atoms with van der Waals surface area (Å²) in [5, 5.41) is 12.1. The molecule has 2 aromatic carbocycles. The van der Waals surface area contributed by atoms with E-state index >= 15 is 0 Å². The Morgan fingerprint density at radius 2 is 1.79 bits per heavy atom. The summed E-state index contributed by atoms with van der Waals surface area (Å²) in [6.45, 7) is 1.88. The molecule has 4 aromatic rings. The maximum atomic E-state index is 13.1. The predicted octanol–water partition coefficient (Wildman–Crippen LogP) is 5.31. The Balaban J connectivity index is 1.27. The van der Waals surface area contributed by atoms with E-state index in [-0.39, 0.29) is 11.9 Å². The van der Waals surface area contributed by atoms with Crippen LogP contribution < -0.4 is 21.1 Å². The second kappa shape index (κ2) is 11.0. The summed E-state index contributed by atoms with van der Waals surface area (Å²) in [6.07, 6.45) is 9.80. The second-order valence-electron chi connectivity index (χ2n) is 10.6. The van der Waals surface area contributed by atoms with Gasteiger partial charge in [0.05, 0.1) is 24.2 Å². The van der Waals surface area contributed by atoms with Gasteiger partial charge in [0, 0.05) is 11.1 Å². The van der Waals surface area contributed by atoms with E-state index in [0.29, 0.717) is 34.4 Å². The van der Waals surface area contributed by atoms with Crippen LogP contribution in [0.2, 0.25) is 0 Å².